The molecule has 0 unspecified atom stereocenters. The second-order valence-corrected chi connectivity index (χ2v) is 7.89. The van der Waals surface area contributed by atoms with Gasteiger partial charge in [0, 0.05) is 25.8 Å². The SMILES string of the molecule is CCn1cc(S(=O)(=O)NCCCN(C)Cc2ccccc2)cc1C(=O)O. The molecular weight excluding hydrogens is 354 g/mol. The average Bonchev–Trinajstić information content (AvgIpc) is 3.05. The molecule has 26 heavy (non-hydrogen) atoms. The van der Waals surface area contributed by atoms with Gasteiger partial charge in [-0.15, -0.1) is 0 Å². The van der Waals surface area contributed by atoms with Gasteiger partial charge in [0.1, 0.15) is 10.6 Å². The third-order valence-corrected chi connectivity index (χ3v) is 5.47. The molecule has 2 N–H and O–H groups in total. The third-order valence-electron chi connectivity index (χ3n) is 4.05. The Morgan fingerprint density at radius 1 is 1.27 bits per heavy atom. The van der Waals surface area contributed by atoms with Crippen LogP contribution < -0.4 is 4.72 Å². The highest BCUT2D eigenvalue weighted by molar-refractivity contribution is 7.89. The summed E-state index contributed by atoms with van der Waals surface area (Å²) in [5, 5.41) is 9.13. The van der Waals surface area contributed by atoms with E-state index in [-0.39, 0.29) is 10.6 Å². The van der Waals surface area contributed by atoms with E-state index in [1.54, 1.807) is 6.92 Å². The molecule has 1 heterocycles. The molecular formula is C18H25N3O4S. The summed E-state index contributed by atoms with van der Waals surface area (Å²) < 4.78 is 28.6. The van der Waals surface area contributed by atoms with Gasteiger partial charge in [-0.25, -0.2) is 17.9 Å². The van der Waals surface area contributed by atoms with Crippen molar-refractivity contribution in [3.8, 4) is 0 Å². The molecule has 0 fully saturated rings. The van der Waals surface area contributed by atoms with Crippen molar-refractivity contribution in [1.82, 2.24) is 14.2 Å². The maximum Gasteiger partial charge on any atom is 0.352 e. The van der Waals surface area contributed by atoms with E-state index in [0.717, 1.165) is 13.1 Å². The molecule has 7 nitrogen and oxygen atoms in total. The molecule has 0 bridgehead atoms. The molecule has 1 aromatic carbocycles. The van der Waals surface area contributed by atoms with Gasteiger partial charge in [0.2, 0.25) is 10.0 Å². The summed E-state index contributed by atoms with van der Waals surface area (Å²) in [5.74, 6) is -1.14. The van der Waals surface area contributed by atoms with Crippen LogP contribution in [0.1, 0.15) is 29.4 Å². The number of aryl methyl sites for hydroxylation is 1. The molecule has 0 radical (unpaired) electrons. The highest BCUT2D eigenvalue weighted by Crippen LogP contribution is 2.14. The van der Waals surface area contributed by atoms with E-state index >= 15 is 0 Å². The Hall–Kier alpha value is -2.16. The van der Waals surface area contributed by atoms with Crippen molar-refractivity contribution in [2.45, 2.75) is 31.3 Å². The molecule has 2 rings (SSSR count). The highest BCUT2D eigenvalue weighted by atomic mass is 32.2. The number of hydrogen-bond acceptors (Lipinski definition) is 4. The minimum atomic E-state index is -3.72. The Balaban J connectivity index is 1.85. The molecule has 0 aliphatic heterocycles. The third kappa shape index (κ3) is 5.42. The zero-order valence-electron chi connectivity index (χ0n) is 15.1. The van der Waals surface area contributed by atoms with Gasteiger partial charge in [0.05, 0.1) is 0 Å². The van der Waals surface area contributed by atoms with Crippen LogP contribution in [0.15, 0.2) is 47.5 Å². The Bertz CT molecular complexity index is 831. The monoisotopic (exact) mass is 379 g/mol. The molecule has 2 aromatic rings. The van der Waals surface area contributed by atoms with Gasteiger partial charge in [-0.3, -0.25) is 0 Å². The van der Waals surface area contributed by atoms with Crippen molar-refractivity contribution in [3.05, 3.63) is 53.9 Å². The number of aromatic nitrogens is 1. The van der Waals surface area contributed by atoms with Crippen molar-refractivity contribution < 1.29 is 18.3 Å². The first-order valence-electron chi connectivity index (χ1n) is 8.49. The molecule has 0 aliphatic rings. The first kappa shape index (κ1) is 20.2. The summed E-state index contributed by atoms with van der Waals surface area (Å²) in [4.78, 5) is 13.3. The lowest BCUT2D eigenvalue weighted by molar-refractivity contribution is 0.0685. The van der Waals surface area contributed by atoms with E-state index < -0.39 is 16.0 Å². The lowest BCUT2D eigenvalue weighted by atomic mass is 10.2. The molecule has 8 heteroatoms. The van der Waals surface area contributed by atoms with Crippen LogP contribution in [0.2, 0.25) is 0 Å². The van der Waals surface area contributed by atoms with Crippen LogP contribution in [0.5, 0.6) is 0 Å². The first-order valence-corrected chi connectivity index (χ1v) is 9.97. The molecule has 0 saturated heterocycles. The lowest BCUT2D eigenvalue weighted by Crippen LogP contribution is -2.28. The smallest absolute Gasteiger partial charge is 0.352 e. The Morgan fingerprint density at radius 3 is 2.54 bits per heavy atom. The van der Waals surface area contributed by atoms with Gasteiger partial charge >= 0.3 is 5.97 Å². The fourth-order valence-electron chi connectivity index (χ4n) is 2.68. The maximum absolute atomic E-state index is 12.3. The van der Waals surface area contributed by atoms with E-state index in [9.17, 15) is 13.2 Å². The van der Waals surface area contributed by atoms with Crippen LogP contribution >= 0.6 is 0 Å². The zero-order chi connectivity index (χ0) is 19.2. The van der Waals surface area contributed by atoms with Crippen LogP contribution in [0.4, 0.5) is 0 Å². The number of carboxylic acid groups (broad SMARTS) is 1. The van der Waals surface area contributed by atoms with Crippen molar-refractivity contribution in [3.63, 3.8) is 0 Å². The molecule has 142 valence electrons. The fourth-order valence-corrected chi connectivity index (χ4v) is 3.80. The summed E-state index contributed by atoms with van der Waals surface area (Å²) in [5.41, 5.74) is 1.17. The van der Waals surface area contributed by atoms with Gasteiger partial charge in [-0.2, -0.15) is 0 Å². The Kier molecular flexibility index (Phi) is 6.96. The number of aromatic carboxylic acids is 1. The lowest BCUT2D eigenvalue weighted by Gasteiger charge is -2.16. The fraction of sp³-hybridized carbons (Fsp3) is 0.389. The number of benzene rings is 1. The van der Waals surface area contributed by atoms with Gasteiger partial charge in [-0.1, -0.05) is 30.3 Å². The van der Waals surface area contributed by atoms with Gasteiger partial charge in [-0.05, 0) is 38.6 Å². The zero-order valence-corrected chi connectivity index (χ0v) is 15.9. The summed E-state index contributed by atoms with van der Waals surface area (Å²) in [6.07, 6.45) is 2.01. The topological polar surface area (TPSA) is 91.6 Å². The molecule has 0 amide bonds. The predicted molar refractivity (Wildman–Crippen MR) is 99.6 cm³/mol. The van der Waals surface area contributed by atoms with Crippen molar-refractivity contribution in [2.75, 3.05) is 20.1 Å². The number of rotatable bonds is 10. The summed E-state index contributed by atoms with van der Waals surface area (Å²) in [6, 6.07) is 11.3. The molecule has 0 atom stereocenters. The second-order valence-electron chi connectivity index (χ2n) is 6.13. The minimum absolute atomic E-state index is 0.0191. The summed E-state index contributed by atoms with van der Waals surface area (Å²) in [7, 11) is -1.73. The molecule has 0 saturated carbocycles. The quantitative estimate of drug-likeness (QED) is 0.616. The largest absolute Gasteiger partial charge is 0.477 e. The van der Waals surface area contributed by atoms with E-state index in [2.05, 4.69) is 21.8 Å². The van der Waals surface area contributed by atoms with Gasteiger partial charge in [0.25, 0.3) is 0 Å². The Labute approximate surface area is 154 Å². The average molecular weight is 379 g/mol. The summed E-state index contributed by atoms with van der Waals surface area (Å²) in [6.45, 7) is 3.99. The number of nitrogens with one attached hydrogen (secondary N) is 1. The minimum Gasteiger partial charge on any atom is -0.477 e. The number of sulfonamides is 1. The van der Waals surface area contributed by atoms with Crippen molar-refractivity contribution in [2.24, 2.45) is 0 Å². The van der Waals surface area contributed by atoms with Crippen LogP contribution in [0.25, 0.3) is 0 Å². The van der Waals surface area contributed by atoms with E-state index in [1.807, 2.05) is 25.2 Å². The van der Waals surface area contributed by atoms with Crippen molar-refractivity contribution in [1.29, 1.82) is 0 Å². The first-order chi connectivity index (χ1) is 12.3. The molecule has 0 spiro atoms. The normalized spacial score (nSPS) is 11.8. The Morgan fingerprint density at radius 2 is 1.96 bits per heavy atom. The van der Waals surface area contributed by atoms with Crippen LogP contribution in [-0.4, -0.2) is 49.1 Å². The van der Waals surface area contributed by atoms with E-state index in [4.69, 9.17) is 5.11 Å². The second kappa shape index (κ2) is 8.98. The predicted octanol–water partition coefficient (Wildman–Crippen LogP) is 2.01. The van der Waals surface area contributed by atoms with Crippen LogP contribution in [-0.2, 0) is 23.1 Å². The maximum atomic E-state index is 12.3. The van der Waals surface area contributed by atoms with Crippen LogP contribution in [0.3, 0.4) is 0 Å². The van der Waals surface area contributed by atoms with Gasteiger partial charge in [0.15, 0.2) is 0 Å². The standard InChI is InChI=1S/C18H25N3O4S/c1-3-21-14-16(12-17(21)18(22)23)26(24,25)19-10-7-11-20(2)13-15-8-5-4-6-9-15/h4-6,8-9,12,14,19H,3,7,10-11,13H2,1-2H3,(H,22,23). The molecule has 1 aromatic heterocycles. The van der Waals surface area contributed by atoms with Crippen LogP contribution in [0, 0.1) is 0 Å². The summed E-state index contributed by atoms with van der Waals surface area (Å²) >= 11 is 0. The van der Waals surface area contributed by atoms with E-state index in [1.165, 1.54) is 22.4 Å². The molecule has 0 aliphatic carbocycles. The van der Waals surface area contributed by atoms with E-state index in [0.29, 0.717) is 19.5 Å². The number of carboxylic acids is 1. The number of carbonyl (C=O) groups is 1. The number of nitrogens with zero attached hydrogens (tertiary/aromatic N) is 2. The number of hydrogen-bond donors (Lipinski definition) is 2. The highest BCUT2D eigenvalue weighted by Gasteiger charge is 2.20. The van der Waals surface area contributed by atoms with Gasteiger partial charge < -0.3 is 14.6 Å². The van der Waals surface area contributed by atoms with Crippen molar-refractivity contribution >= 4 is 16.0 Å².